The topological polar surface area (TPSA) is 77.0 Å². The summed E-state index contributed by atoms with van der Waals surface area (Å²) in [6.45, 7) is 0. The molecular weight excluding hydrogens is 369 g/mol. The fourth-order valence-electron chi connectivity index (χ4n) is 3.41. The highest BCUT2D eigenvalue weighted by Gasteiger charge is 2.48. The lowest BCUT2D eigenvalue weighted by molar-refractivity contribution is 0.00574. The Hall–Kier alpha value is -2.31. The number of fused-ring (bicyclic) bond motifs is 5. The van der Waals surface area contributed by atoms with Crippen molar-refractivity contribution in [1.29, 1.82) is 0 Å². The Labute approximate surface area is 153 Å². The van der Waals surface area contributed by atoms with E-state index in [1.165, 1.54) is 0 Å². The highest BCUT2D eigenvalue weighted by atomic mass is 35.5. The molecule has 0 spiro atoms. The molecule has 0 fully saturated rings. The predicted octanol–water partition coefficient (Wildman–Crippen LogP) is 4.34. The van der Waals surface area contributed by atoms with Crippen LogP contribution in [0.4, 0.5) is 10.5 Å². The Morgan fingerprint density at radius 3 is 2.80 bits per heavy atom. The zero-order chi connectivity index (χ0) is 17.7. The number of hydrogen-bond donors (Lipinski definition) is 2. The van der Waals surface area contributed by atoms with E-state index >= 15 is 0 Å². The third-order valence-electron chi connectivity index (χ3n) is 4.37. The zero-order valence-electron chi connectivity index (χ0n) is 13.0. The number of carboxylic acid groups (broad SMARTS) is 1. The van der Waals surface area contributed by atoms with Crippen molar-refractivity contribution in [3.63, 3.8) is 0 Å². The Balaban J connectivity index is 1.89. The van der Waals surface area contributed by atoms with Crippen LogP contribution in [0.5, 0.6) is 11.5 Å². The Bertz CT molecular complexity index is 872. The first-order valence-corrected chi connectivity index (χ1v) is 8.23. The minimum absolute atomic E-state index is 0.310. The molecular formula is C17H13Cl2NO5. The van der Waals surface area contributed by atoms with E-state index < -0.39 is 18.5 Å². The smallest absolute Gasteiger partial charge is 0.497 e. The summed E-state index contributed by atoms with van der Waals surface area (Å²) in [6, 6.07) is 8.76. The van der Waals surface area contributed by atoms with Gasteiger partial charge in [0, 0.05) is 26.9 Å². The van der Waals surface area contributed by atoms with Gasteiger partial charge in [0.25, 0.3) is 0 Å². The van der Waals surface area contributed by atoms with Gasteiger partial charge in [0.1, 0.15) is 11.5 Å². The average Bonchev–Trinajstić information content (AvgIpc) is 2.92. The summed E-state index contributed by atoms with van der Waals surface area (Å²) >= 11 is 12.5. The van der Waals surface area contributed by atoms with Gasteiger partial charge in [-0.2, -0.15) is 0 Å². The highest BCUT2D eigenvalue weighted by Crippen LogP contribution is 2.52. The number of anilines is 1. The van der Waals surface area contributed by atoms with Crippen molar-refractivity contribution >= 4 is 35.0 Å². The van der Waals surface area contributed by atoms with E-state index in [0.29, 0.717) is 27.2 Å². The Kier molecular flexibility index (Phi) is 3.81. The molecule has 2 N–H and O–H groups in total. The second-order valence-electron chi connectivity index (χ2n) is 5.76. The van der Waals surface area contributed by atoms with Gasteiger partial charge in [-0.1, -0.05) is 23.2 Å². The van der Waals surface area contributed by atoms with Crippen LogP contribution in [0.3, 0.4) is 0 Å². The largest absolute Gasteiger partial charge is 0.507 e. The minimum Gasteiger partial charge on any atom is -0.497 e. The maximum atomic E-state index is 11.1. The number of nitrogens with one attached hydrogen (secondary N) is 1. The van der Waals surface area contributed by atoms with Crippen LogP contribution in [0.25, 0.3) is 0 Å². The summed E-state index contributed by atoms with van der Waals surface area (Å²) in [4.78, 5) is 11.1. The van der Waals surface area contributed by atoms with Crippen molar-refractivity contribution < 1.29 is 24.1 Å². The normalized spacial score (nSPS) is 22.8. The lowest BCUT2D eigenvalue weighted by Gasteiger charge is -2.35. The summed E-state index contributed by atoms with van der Waals surface area (Å²) in [5, 5.41) is 13.0. The van der Waals surface area contributed by atoms with Crippen molar-refractivity contribution in [3.8, 4) is 11.5 Å². The molecule has 3 unspecified atom stereocenters. The maximum Gasteiger partial charge on any atom is 0.507 e. The number of benzene rings is 2. The average molecular weight is 382 g/mol. The predicted molar refractivity (Wildman–Crippen MR) is 92.2 cm³/mol. The number of halogens is 2. The second-order valence-corrected chi connectivity index (χ2v) is 6.61. The molecule has 2 aliphatic heterocycles. The van der Waals surface area contributed by atoms with E-state index in [2.05, 4.69) is 5.32 Å². The third-order valence-corrected chi connectivity index (χ3v) is 4.90. The van der Waals surface area contributed by atoms with Crippen LogP contribution < -0.4 is 14.8 Å². The fraction of sp³-hybridized carbons (Fsp3) is 0.235. The molecule has 3 atom stereocenters. The number of hydrogen-bond acceptors (Lipinski definition) is 5. The third kappa shape index (κ3) is 2.62. The highest BCUT2D eigenvalue weighted by molar-refractivity contribution is 6.35. The van der Waals surface area contributed by atoms with Crippen molar-refractivity contribution in [1.82, 2.24) is 0 Å². The summed E-state index contributed by atoms with van der Waals surface area (Å²) < 4.78 is 16.3. The first-order valence-electron chi connectivity index (χ1n) is 7.47. The molecule has 8 heteroatoms. The van der Waals surface area contributed by atoms with Gasteiger partial charge >= 0.3 is 6.16 Å². The Morgan fingerprint density at radius 1 is 1.28 bits per heavy atom. The molecule has 4 rings (SSSR count). The SMILES string of the molecule is COc1ccc2c(c1)C1c3c(Cl)cc(Cl)cc3NC(OC(=O)O)C1O2. The van der Waals surface area contributed by atoms with E-state index in [9.17, 15) is 4.79 Å². The minimum atomic E-state index is -1.40. The molecule has 2 aromatic rings. The first-order chi connectivity index (χ1) is 12.0. The molecule has 0 aromatic heterocycles. The van der Waals surface area contributed by atoms with E-state index in [1.807, 2.05) is 6.07 Å². The molecule has 2 aliphatic rings. The lowest BCUT2D eigenvalue weighted by Crippen LogP contribution is -2.46. The van der Waals surface area contributed by atoms with Gasteiger partial charge in [0.2, 0.25) is 6.23 Å². The van der Waals surface area contributed by atoms with Gasteiger partial charge in [-0.3, -0.25) is 0 Å². The number of rotatable bonds is 2. The zero-order valence-corrected chi connectivity index (χ0v) is 14.5. The van der Waals surface area contributed by atoms with Crippen molar-refractivity contribution in [2.45, 2.75) is 18.2 Å². The van der Waals surface area contributed by atoms with Gasteiger partial charge in [0.05, 0.1) is 13.0 Å². The fourth-order valence-corrected chi connectivity index (χ4v) is 4.02. The van der Waals surface area contributed by atoms with Crippen LogP contribution in [-0.4, -0.2) is 30.7 Å². The number of ether oxygens (including phenoxy) is 3. The van der Waals surface area contributed by atoms with Crippen LogP contribution in [0.2, 0.25) is 10.0 Å². The standard InChI is InChI=1S/C17H13Cl2NO5/c1-23-8-2-3-12-9(6-8)13-14-10(19)4-7(18)5-11(14)20-16(15(13)24-12)25-17(21)22/h2-6,13,15-16,20H,1H3,(H,21,22). The van der Waals surface area contributed by atoms with Crippen molar-refractivity contribution in [3.05, 3.63) is 51.5 Å². The molecule has 25 heavy (non-hydrogen) atoms. The summed E-state index contributed by atoms with van der Waals surface area (Å²) in [6.07, 6.45) is -2.89. The van der Waals surface area contributed by atoms with Crippen molar-refractivity contribution in [2.75, 3.05) is 12.4 Å². The monoisotopic (exact) mass is 381 g/mol. The maximum absolute atomic E-state index is 11.1. The molecule has 0 amide bonds. The number of carbonyl (C=O) groups is 1. The van der Waals surface area contributed by atoms with Crippen LogP contribution in [0, 0.1) is 0 Å². The Morgan fingerprint density at radius 2 is 2.08 bits per heavy atom. The van der Waals surface area contributed by atoms with Crippen LogP contribution in [0.1, 0.15) is 17.0 Å². The number of methoxy groups -OCH3 is 1. The van der Waals surface area contributed by atoms with Gasteiger partial charge < -0.3 is 24.6 Å². The van der Waals surface area contributed by atoms with Crippen LogP contribution >= 0.6 is 23.2 Å². The molecule has 0 aliphatic carbocycles. The van der Waals surface area contributed by atoms with Crippen LogP contribution in [-0.2, 0) is 4.74 Å². The van der Waals surface area contributed by atoms with Gasteiger partial charge in [-0.15, -0.1) is 0 Å². The molecule has 0 saturated carbocycles. The molecule has 0 radical (unpaired) electrons. The van der Waals surface area contributed by atoms with E-state index in [-0.39, 0.29) is 5.92 Å². The summed E-state index contributed by atoms with van der Waals surface area (Å²) in [7, 11) is 1.58. The molecule has 130 valence electrons. The van der Waals surface area contributed by atoms with Gasteiger partial charge in [-0.25, -0.2) is 4.79 Å². The van der Waals surface area contributed by atoms with E-state index in [1.54, 1.807) is 31.4 Å². The molecule has 2 aromatic carbocycles. The quantitative estimate of drug-likeness (QED) is 0.753. The van der Waals surface area contributed by atoms with Crippen LogP contribution in [0.15, 0.2) is 30.3 Å². The molecule has 0 saturated heterocycles. The van der Waals surface area contributed by atoms with E-state index in [0.717, 1.165) is 11.1 Å². The second kappa shape index (κ2) is 5.89. The summed E-state index contributed by atoms with van der Waals surface area (Å²) in [5.41, 5.74) is 2.26. The molecule has 2 heterocycles. The van der Waals surface area contributed by atoms with Gasteiger partial charge in [-0.05, 0) is 30.3 Å². The summed E-state index contributed by atoms with van der Waals surface area (Å²) in [5.74, 6) is 0.995. The van der Waals surface area contributed by atoms with Gasteiger partial charge in [0.15, 0.2) is 6.10 Å². The molecule has 0 bridgehead atoms. The van der Waals surface area contributed by atoms with Crippen molar-refractivity contribution in [2.24, 2.45) is 0 Å². The first kappa shape index (κ1) is 16.2. The molecule has 6 nitrogen and oxygen atoms in total. The van der Waals surface area contributed by atoms with E-state index in [4.69, 9.17) is 42.5 Å². The lowest BCUT2D eigenvalue weighted by atomic mass is 9.83.